The Labute approximate surface area is 254 Å². The molecule has 0 aliphatic carbocycles. The van der Waals surface area contributed by atoms with E-state index in [4.69, 9.17) is 0 Å². The SMILES string of the molecule is [BH3-].[Cu+].c1ccc(P(c2ccccc2)c2ccccc2)cc1.c1ccc(P(c2ccccc2)c2ccccc2)cc1. The van der Waals surface area contributed by atoms with E-state index < -0.39 is 15.8 Å². The van der Waals surface area contributed by atoms with Gasteiger partial charge in [-0.2, -0.15) is 8.41 Å². The van der Waals surface area contributed by atoms with E-state index in [2.05, 4.69) is 182 Å². The fourth-order valence-corrected chi connectivity index (χ4v) is 8.97. The second-order valence-electron chi connectivity index (χ2n) is 8.68. The van der Waals surface area contributed by atoms with Crippen LogP contribution in [0.5, 0.6) is 0 Å². The predicted molar refractivity (Wildman–Crippen MR) is 180 cm³/mol. The van der Waals surface area contributed by atoms with E-state index in [-0.39, 0.29) is 25.5 Å². The zero-order valence-corrected chi connectivity index (χ0v) is 24.2. The van der Waals surface area contributed by atoms with Crippen LogP contribution in [-0.4, -0.2) is 8.41 Å². The second-order valence-corrected chi connectivity index (χ2v) is 13.1. The monoisotopic (exact) mass is 601 g/mol. The molecular weight excluding hydrogens is 569 g/mol. The summed E-state index contributed by atoms with van der Waals surface area (Å²) in [7, 11) is -0.892. The van der Waals surface area contributed by atoms with Crippen molar-refractivity contribution in [3.8, 4) is 0 Å². The Morgan fingerprint density at radius 2 is 0.350 bits per heavy atom. The molecule has 0 saturated carbocycles. The van der Waals surface area contributed by atoms with Gasteiger partial charge in [0.15, 0.2) is 0 Å². The molecule has 6 aromatic carbocycles. The summed E-state index contributed by atoms with van der Waals surface area (Å²) < 4.78 is 0. The van der Waals surface area contributed by atoms with Crippen LogP contribution in [0, 0.1) is 0 Å². The van der Waals surface area contributed by atoms with Gasteiger partial charge >= 0.3 is 17.1 Å². The molecule has 0 fully saturated rings. The predicted octanol–water partition coefficient (Wildman–Crippen LogP) is 5.70. The third-order valence-electron chi connectivity index (χ3n) is 6.09. The average molecular weight is 602 g/mol. The fraction of sp³-hybridized carbons (Fsp3) is 0. The minimum atomic E-state index is -0.446. The van der Waals surface area contributed by atoms with Gasteiger partial charge in [-0.05, 0) is 47.7 Å². The summed E-state index contributed by atoms with van der Waals surface area (Å²) in [4.78, 5) is 0. The van der Waals surface area contributed by atoms with Crippen molar-refractivity contribution in [3.63, 3.8) is 0 Å². The first-order valence-corrected chi connectivity index (χ1v) is 15.5. The van der Waals surface area contributed by atoms with E-state index in [0.717, 1.165) is 0 Å². The summed E-state index contributed by atoms with van der Waals surface area (Å²) in [5, 5.41) is 8.39. The quantitative estimate of drug-likeness (QED) is 0.170. The molecule has 1 radical (unpaired) electrons. The molecule has 4 heteroatoms. The Balaban J connectivity index is 0.000000210. The summed E-state index contributed by atoms with van der Waals surface area (Å²) >= 11 is 0. The maximum Gasteiger partial charge on any atom is 1.00 e. The molecule has 0 bridgehead atoms. The number of hydrogen-bond acceptors (Lipinski definition) is 0. The Morgan fingerprint density at radius 1 is 0.225 bits per heavy atom. The van der Waals surface area contributed by atoms with E-state index in [1.165, 1.54) is 31.8 Å². The van der Waals surface area contributed by atoms with Crippen LogP contribution in [0.4, 0.5) is 0 Å². The van der Waals surface area contributed by atoms with E-state index in [1.54, 1.807) is 0 Å². The van der Waals surface area contributed by atoms with Crippen LogP contribution in [0.3, 0.4) is 0 Å². The second kappa shape index (κ2) is 16.8. The van der Waals surface area contributed by atoms with E-state index in [1.807, 2.05) is 0 Å². The van der Waals surface area contributed by atoms with Gasteiger partial charge in [0.05, 0.1) is 0 Å². The van der Waals surface area contributed by atoms with Gasteiger partial charge < -0.3 is 0 Å². The minimum absolute atomic E-state index is 0. The Morgan fingerprint density at radius 3 is 0.475 bits per heavy atom. The smallest absolute Gasteiger partial charge is 0.187 e. The van der Waals surface area contributed by atoms with Crippen LogP contribution < -0.4 is 31.8 Å². The molecule has 0 amide bonds. The first kappa shape index (κ1) is 31.3. The van der Waals surface area contributed by atoms with Crippen molar-refractivity contribution in [1.82, 2.24) is 0 Å². The van der Waals surface area contributed by atoms with Crippen LogP contribution in [-0.2, 0) is 17.1 Å². The molecular formula is C36H33BCuP2. The molecule has 0 aliphatic heterocycles. The van der Waals surface area contributed by atoms with Crippen molar-refractivity contribution in [1.29, 1.82) is 0 Å². The van der Waals surface area contributed by atoms with Crippen LogP contribution in [0.25, 0.3) is 0 Å². The maximum atomic E-state index is 2.23. The topological polar surface area (TPSA) is 0 Å². The third-order valence-corrected chi connectivity index (χ3v) is 11.0. The van der Waals surface area contributed by atoms with Crippen LogP contribution in [0.1, 0.15) is 0 Å². The first-order chi connectivity index (χ1) is 18.9. The summed E-state index contributed by atoms with van der Waals surface area (Å²) in [5.41, 5.74) is 0. The maximum absolute atomic E-state index is 2.23. The molecule has 0 saturated heterocycles. The van der Waals surface area contributed by atoms with E-state index in [0.29, 0.717) is 0 Å². The molecule has 0 aromatic heterocycles. The van der Waals surface area contributed by atoms with Gasteiger partial charge in [0.1, 0.15) is 0 Å². The van der Waals surface area contributed by atoms with Crippen molar-refractivity contribution in [3.05, 3.63) is 182 Å². The first-order valence-electron chi connectivity index (χ1n) is 12.8. The molecule has 0 atom stereocenters. The molecule has 0 unspecified atom stereocenters. The summed E-state index contributed by atoms with van der Waals surface area (Å²) in [6.07, 6.45) is 0. The van der Waals surface area contributed by atoms with E-state index in [9.17, 15) is 0 Å². The van der Waals surface area contributed by atoms with Crippen molar-refractivity contribution in [2.75, 3.05) is 0 Å². The van der Waals surface area contributed by atoms with Gasteiger partial charge in [0.2, 0.25) is 0 Å². The minimum Gasteiger partial charge on any atom is -0.187 e. The molecule has 40 heavy (non-hydrogen) atoms. The van der Waals surface area contributed by atoms with E-state index >= 15 is 0 Å². The van der Waals surface area contributed by atoms with Gasteiger partial charge in [-0.25, -0.2) is 0 Å². The van der Waals surface area contributed by atoms with Crippen LogP contribution in [0.15, 0.2) is 182 Å². The fourth-order valence-electron chi connectivity index (χ4n) is 4.36. The molecule has 0 N–H and O–H groups in total. The summed E-state index contributed by atoms with van der Waals surface area (Å²) in [6, 6.07) is 64.7. The molecule has 0 aliphatic rings. The Kier molecular flexibility index (Phi) is 13.1. The summed E-state index contributed by atoms with van der Waals surface area (Å²) in [5.74, 6) is 0. The normalized spacial score (nSPS) is 10.1. The summed E-state index contributed by atoms with van der Waals surface area (Å²) in [6.45, 7) is 0. The van der Waals surface area contributed by atoms with Gasteiger partial charge in [-0.15, -0.1) is 0 Å². The standard InChI is InChI=1S/2C18H15P.BH3.Cu/c2*1-4-10-16(11-5-1)19(17-12-6-2-7-13-17)18-14-8-3-9-15-18;;/h2*1-15H;1H3;/q;;-1;+1. The van der Waals surface area contributed by atoms with Gasteiger partial charge in [0.25, 0.3) is 0 Å². The average Bonchev–Trinajstić information content (AvgIpc) is 3.01. The van der Waals surface area contributed by atoms with Crippen LogP contribution in [0.2, 0.25) is 0 Å². The van der Waals surface area contributed by atoms with Crippen molar-refractivity contribution in [2.24, 2.45) is 0 Å². The zero-order valence-electron chi connectivity index (χ0n) is 21.5. The zero-order chi connectivity index (χ0) is 25.8. The van der Waals surface area contributed by atoms with Crippen molar-refractivity contribution in [2.45, 2.75) is 0 Å². The third kappa shape index (κ3) is 8.38. The largest absolute Gasteiger partial charge is 1.00 e. The van der Waals surface area contributed by atoms with Crippen LogP contribution >= 0.6 is 15.8 Å². The Hall–Kier alpha value is -3.24. The molecule has 0 nitrogen and oxygen atoms in total. The number of hydrogen-bond donors (Lipinski definition) is 0. The molecule has 6 rings (SSSR count). The molecule has 6 aromatic rings. The molecule has 0 spiro atoms. The molecule has 201 valence electrons. The molecule has 0 heterocycles. The van der Waals surface area contributed by atoms with Crippen molar-refractivity contribution < 1.29 is 17.1 Å². The van der Waals surface area contributed by atoms with Gasteiger partial charge in [-0.1, -0.05) is 182 Å². The van der Waals surface area contributed by atoms with Gasteiger partial charge in [0, 0.05) is 0 Å². The Bertz CT molecular complexity index is 1180. The van der Waals surface area contributed by atoms with Gasteiger partial charge in [-0.3, -0.25) is 0 Å². The number of benzene rings is 6. The number of rotatable bonds is 6. The van der Waals surface area contributed by atoms with Crippen molar-refractivity contribution >= 4 is 56.1 Å².